The second-order valence-electron chi connectivity index (χ2n) is 8.05. The number of carbonyl (C=O) groups is 2. The number of anilines is 1. The number of nitrogens with one attached hydrogen (secondary N) is 3. The highest BCUT2D eigenvalue weighted by molar-refractivity contribution is 6.22. The standard InChI is InChI=1S/C27H19N5O2/c28-25(33)22-23(32-27(34)26-30-20-12-6-7-13-21(20)31-26)17(15-8-2-1-3-9-15)14-18-16-10-4-5-11-19(16)29-24(18)22/h1-14,29H,(H2,28,33)(H,30,31)(H,32,34). The van der Waals surface area contributed by atoms with Crippen LogP contribution in [0.5, 0.6) is 0 Å². The van der Waals surface area contributed by atoms with E-state index in [-0.39, 0.29) is 11.4 Å². The van der Waals surface area contributed by atoms with Crippen LogP contribution in [0.15, 0.2) is 84.9 Å². The summed E-state index contributed by atoms with van der Waals surface area (Å²) in [5.41, 5.74) is 10.9. The highest BCUT2D eigenvalue weighted by Gasteiger charge is 2.24. The van der Waals surface area contributed by atoms with Gasteiger partial charge in [0.05, 0.1) is 27.8 Å². The topological polar surface area (TPSA) is 117 Å². The van der Waals surface area contributed by atoms with Gasteiger partial charge in [0.2, 0.25) is 0 Å². The third-order valence-corrected chi connectivity index (χ3v) is 5.98. The maximum absolute atomic E-state index is 13.3. The van der Waals surface area contributed by atoms with Crippen molar-refractivity contribution >= 4 is 50.3 Å². The minimum absolute atomic E-state index is 0.146. The number of amides is 2. The van der Waals surface area contributed by atoms with Crippen molar-refractivity contribution in [2.75, 3.05) is 5.32 Å². The first-order valence-electron chi connectivity index (χ1n) is 10.8. The van der Waals surface area contributed by atoms with Crippen LogP contribution in [0, 0.1) is 0 Å². The number of para-hydroxylation sites is 3. The van der Waals surface area contributed by atoms with Crippen LogP contribution in [-0.4, -0.2) is 26.8 Å². The normalized spacial score (nSPS) is 11.3. The zero-order valence-electron chi connectivity index (χ0n) is 17.9. The van der Waals surface area contributed by atoms with Gasteiger partial charge in [-0.3, -0.25) is 9.59 Å². The van der Waals surface area contributed by atoms with Gasteiger partial charge in [-0.05, 0) is 29.8 Å². The van der Waals surface area contributed by atoms with E-state index in [2.05, 4.69) is 20.3 Å². The number of primary amides is 1. The second kappa shape index (κ2) is 7.60. The molecule has 6 aromatic rings. The summed E-state index contributed by atoms with van der Waals surface area (Å²) in [6.07, 6.45) is 0. The Morgan fingerprint density at radius 3 is 2.26 bits per heavy atom. The predicted molar refractivity (Wildman–Crippen MR) is 134 cm³/mol. The third kappa shape index (κ3) is 3.10. The van der Waals surface area contributed by atoms with Crippen LogP contribution in [-0.2, 0) is 0 Å². The number of hydrogen-bond donors (Lipinski definition) is 4. The summed E-state index contributed by atoms with van der Waals surface area (Å²) in [6.45, 7) is 0. The van der Waals surface area contributed by atoms with Gasteiger partial charge >= 0.3 is 0 Å². The average molecular weight is 445 g/mol. The highest BCUT2D eigenvalue weighted by Crippen LogP contribution is 2.39. The molecule has 0 unspecified atom stereocenters. The van der Waals surface area contributed by atoms with Gasteiger partial charge in [0.15, 0.2) is 5.82 Å². The quantitative estimate of drug-likeness (QED) is 0.298. The molecule has 0 fully saturated rings. The molecule has 2 heterocycles. The van der Waals surface area contributed by atoms with Crippen molar-refractivity contribution in [2.45, 2.75) is 0 Å². The molecule has 0 saturated heterocycles. The monoisotopic (exact) mass is 445 g/mol. The fraction of sp³-hybridized carbons (Fsp3) is 0. The number of nitrogens with zero attached hydrogens (tertiary/aromatic N) is 1. The zero-order valence-corrected chi connectivity index (χ0v) is 17.9. The van der Waals surface area contributed by atoms with Gasteiger partial charge in [-0.1, -0.05) is 60.7 Å². The Kier molecular flexibility index (Phi) is 4.41. The molecule has 164 valence electrons. The number of aromatic nitrogens is 3. The molecular formula is C27H19N5O2. The number of imidazole rings is 1. The lowest BCUT2D eigenvalue weighted by Gasteiger charge is -2.16. The molecule has 0 spiro atoms. The highest BCUT2D eigenvalue weighted by atomic mass is 16.2. The Morgan fingerprint density at radius 2 is 1.50 bits per heavy atom. The lowest BCUT2D eigenvalue weighted by molar-refractivity contribution is 0.100. The average Bonchev–Trinajstić information content (AvgIpc) is 3.45. The van der Waals surface area contributed by atoms with E-state index in [0.717, 1.165) is 27.4 Å². The van der Waals surface area contributed by atoms with Gasteiger partial charge in [-0.25, -0.2) is 4.98 Å². The Bertz CT molecular complexity index is 1700. The Morgan fingerprint density at radius 1 is 0.794 bits per heavy atom. The fourth-order valence-corrected chi connectivity index (χ4v) is 4.44. The third-order valence-electron chi connectivity index (χ3n) is 5.98. The molecule has 7 heteroatoms. The molecule has 2 amide bonds. The molecule has 2 aromatic heterocycles. The lowest BCUT2D eigenvalue weighted by atomic mass is 9.95. The summed E-state index contributed by atoms with van der Waals surface area (Å²) in [5.74, 6) is -0.965. The lowest BCUT2D eigenvalue weighted by Crippen LogP contribution is -2.20. The van der Waals surface area contributed by atoms with Crippen LogP contribution in [0.1, 0.15) is 21.0 Å². The van der Waals surface area contributed by atoms with Gasteiger partial charge in [0.25, 0.3) is 11.8 Å². The largest absolute Gasteiger partial charge is 0.365 e. The molecule has 0 aliphatic carbocycles. The van der Waals surface area contributed by atoms with Gasteiger partial charge < -0.3 is 21.0 Å². The van der Waals surface area contributed by atoms with Crippen molar-refractivity contribution in [3.05, 3.63) is 96.3 Å². The molecule has 34 heavy (non-hydrogen) atoms. The van der Waals surface area contributed by atoms with E-state index in [1.54, 1.807) is 0 Å². The van der Waals surface area contributed by atoms with Crippen molar-refractivity contribution in [1.82, 2.24) is 15.0 Å². The van der Waals surface area contributed by atoms with Gasteiger partial charge in [-0.15, -0.1) is 0 Å². The summed E-state index contributed by atoms with van der Waals surface area (Å²) < 4.78 is 0. The van der Waals surface area contributed by atoms with Crippen LogP contribution in [0.2, 0.25) is 0 Å². The fourth-order valence-electron chi connectivity index (χ4n) is 4.44. The smallest absolute Gasteiger partial charge is 0.291 e. The van der Waals surface area contributed by atoms with E-state index in [4.69, 9.17) is 5.73 Å². The van der Waals surface area contributed by atoms with E-state index >= 15 is 0 Å². The number of nitrogens with two attached hydrogens (primary N) is 1. The number of carbonyl (C=O) groups excluding carboxylic acids is 2. The molecule has 5 N–H and O–H groups in total. The summed E-state index contributed by atoms with van der Waals surface area (Å²) in [5, 5.41) is 4.74. The van der Waals surface area contributed by atoms with Crippen LogP contribution < -0.4 is 11.1 Å². The van der Waals surface area contributed by atoms with Crippen LogP contribution in [0.3, 0.4) is 0 Å². The van der Waals surface area contributed by atoms with E-state index in [9.17, 15) is 9.59 Å². The molecule has 4 aromatic carbocycles. The molecule has 7 nitrogen and oxygen atoms in total. The summed E-state index contributed by atoms with van der Waals surface area (Å²) >= 11 is 0. The Hall–Kier alpha value is -4.91. The van der Waals surface area contributed by atoms with Crippen molar-refractivity contribution in [3.63, 3.8) is 0 Å². The van der Waals surface area contributed by atoms with Crippen LogP contribution in [0.25, 0.3) is 44.0 Å². The van der Waals surface area contributed by atoms with Crippen molar-refractivity contribution < 1.29 is 9.59 Å². The van der Waals surface area contributed by atoms with E-state index < -0.39 is 11.8 Å². The number of hydrogen-bond acceptors (Lipinski definition) is 3. The first-order chi connectivity index (χ1) is 16.6. The maximum Gasteiger partial charge on any atom is 0.291 e. The molecule has 0 radical (unpaired) electrons. The van der Waals surface area contributed by atoms with Crippen molar-refractivity contribution in [2.24, 2.45) is 5.73 Å². The van der Waals surface area contributed by atoms with Crippen LogP contribution in [0.4, 0.5) is 5.69 Å². The van der Waals surface area contributed by atoms with Crippen molar-refractivity contribution in [1.29, 1.82) is 0 Å². The first kappa shape index (κ1) is 19.8. The number of H-pyrrole nitrogens is 2. The molecule has 6 rings (SSSR count). The Balaban J connectivity index is 1.60. The summed E-state index contributed by atoms with van der Waals surface area (Å²) in [4.78, 5) is 36.8. The van der Waals surface area contributed by atoms with E-state index in [1.807, 2.05) is 84.9 Å². The summed E-state index contributed by atoms with van der Waals surface area (Å²) in [7, 11) is 0. The van der Waals surface area contributed by atoms with Crippen molar-refractivity contribution in [3.8, 4) is 11.1 Å². The minimum Gasteiger partial charge on any atom is -0.365 e. The number of fused-ring (bicyclic) bond motifs is 4. The first-order valence-corrected chi connectivity index (χ1v) is 10.8. The number of aromatic amines is 2. The second-order valence-corrected chi connectivity index (χ2v) is 8.05. The predicted octanol–water partition coefficient (Wildman–Crippen LogP) is 5.22. The minimum atomic E-state index is -0.644. The molecule has 0 aliphatic rings. The SMILES string of the molecule is NC(=O)c1c(NC(=O)c2nc3ccccc3[nH]2)c(-c2ccccc2)cc2c1[nH]c1ccccc12. The molecule has 0 saturated carbocycles. The Labute approximate surface area is 193 Å². The molecule has 0 atom stereocenters. The van der Waals surface area contributed by atoms with Gasteiger partial charge in [0, 0.05) is 21.9 Å². The van der Waals surface area contributed by atoms with E-state index in [1.165, 1.54) is 0 Å². The van der Waals surface area contributed by atoms with Gasteiger partial charge in [-0.2, -0.15) is 0 Å². The number of rotatable bonds is 4. The summed E-state index contributed by atoms with van der Waals surface area (Å²) in [6, 6.07) is 26.7. The number of benzene rings is 4. The maximum atomic E-state index is 13.3. The molecular weight excluding hydrogens is 426 g/mol. The molecule has 0 aliphatic heterocycles. The molecule has 0 bridgehead atoms. The van der Waals surface area contributed by atoms with Crippen LogP contribution >= 0.6 is 0 Å². The van der Waals surface area contributed by atoms with Gasteiger partial charge in [0.1, 0.15) is 0 Å². The zero-order chi connectivity index (χ0) is 23.2. The van der Waals surface area contributed by atoms with E-state index in [0.29, 0.717) is 22.3 Å².